The summed E-state index contributed by atoms with van der Waals surface area (Å²) in [7, 11) is 0. The normalized spacial score (nSPS) is 57.9. The van der Waals surface area contributed by atoms with Gasteiger partial charge in [0.25, 0.3) is 0 Å². The van der Waals surface area contributed by atoms with Crippen molar-refractivity contribution >= 4 is 11.6 Å². The van der Waals surface area contributed by atoms with Crippen LogP contribution in [0.15, 0.2) is 0 Å². The first-order valence-electron chi connectivity index (χ1n) is 18.8. The van der Waals surface area contributed by atoms with Crippen molar-refractivity contribution in [2.24, 2.45) is 74.9 Å². The van der Waals surface area contributed by atoms with Crippen molar-refractivity contribution in [3.63, 3.8) is 0 Å². The molecule has 0 aliphatic heterocycles. The Labute approximate surface area is 266 Å². The molecule has 0 aromatic carbocycles. The summed E-state index contributed by atoms with van der Waals surface area (Å²) >= 11 is 0. The van der Waals surface area contributed by atoms with E-state index in [1.54, 1.807) is 0 Å². The second kappa shape index (κ2) is 10.9. The van der Waals surface area contributed by atoms with E-state index in [1.165, 1.54) is 38.5 Å². The Kier molecular flexibility index (Phi) is 7.86. The van der Waals surface area contributed by atoms with Gasteiger partial charge in [-0.2, -0.15) is 0 Å². The summed E-state index contributed by atoms with van der Waals surface area (Å²) in [5.74, 6) is 5.94. The van der Waals surface area contributed by atoms with Gasteiger partial charge in [-0.3, -0.25) is 9.59 Å². The number of aliphatic hydroxyl groups excluding tert-OH is 3. The third-order valence-corrected chi connectivity index (χ3v) is 16.8. The summed E-state index contributed by atoms with van der Waals surface area (Å²) in [6.07, 6.45) is 15.9. The summed E-state index contributed by atoms with van der Waals surface area (Å²) in [6, 6.07) is 0. The van der Waals surface area contributed by atoms with Crippen LogP contribution in [0.25, 0.3) is 0 Å². The number of hydrogen-bond donors (Lipinski definition) is 3. The number of carbonyl (C=O) groups excluding carboxylic acids is 2. The van der Waals surface area contributed by atoms with Gasteiger partial charge in [-0.1, -0.05) is 41.0 Å². The van der Waals surface area contributed by atoms with E-state index in [0.29, 0.717) is 64.8 Å². The number of aliphatic hydroxyl groups is 3. The van der Waals surface area contributed by atoms with Crippen molar-refractivity contribution < 1.29 is 24.9 Å². The van der Waals surface area contributed by atoms with Gasteiger partial charge >= 0.3 is 0 Å². The zero-order chi connectivity index (χ0) is 31.4. The Bertz CT molecular complexity index is 1060. The minimum absolute atomic E-state index is 0.145. The van der Waals surface area contributed by atoms with Crippen LogP contribution in [-0.2, 0) is 9.59 Å². The molecule has 3 N–H and O–H groups in total. The Morgan fingerprint density at radius 3 is 1.55 bits per heavy atom. The minimum atomic E-state index is -0.337. The number of fused-ring (bicyclic) bond motifs is 10. The standard InChI is InChI=1S/C20H32O2.C19H30O3/c1-12-8-9-19(2)13(10-12)4-5-14-15-6-7-17(22)20(15,3)11-16(21)18(14)19;1-18-8-7-12(20)9-11(18)3-4-13-14-5-6-16(22)19(14,2)10-15(21)17(13)18/h12-16,18,21H,4-11H2,1-3H3;11-15,17,20-21H,3-10H2,1-2H3/t12-,13-,14+,15+,16+,18-,19+,20+;11-,12-,13+,14+,15+,17-,18+,19+/m11/s1. The van der Waals surface area contributed by atoms with Crippen molar-refractivity contribution in [3.05, 3.63) is 0 Å². The molecule has 0 aromatic heterocycles. The van der Waals surface area contributed by atoms with Crippen LogP contribution in [0.5, 0.6) is 0 Å². The maximum absolute atomic E-state index is 12.4. The SMILES string of the molecule is C[C@@H]1CC[C@@]2(C)[C@H](CC[C@@H]3[C@@H]2[C@@H](O)C[C@]2(C)C(=O)CC[C@@H]32)C1.C[C@]12CC[C@@H](O)C[C@H]1CC[C@@H]1[C@@H]2[C@@H](O)C[C@]2(C)C(=O)CC[C@@H]12. The van der Waals surface area contributed by atoms with Crippen molar-refractivity contribution in [1.82, 2.24) is 0 Å². The van der Waals surface area contributed by atoms with Crippen molar-refractivity contribution in [2.45, 2.75) is 156 Å². The molecule has 0 amide bonds. The summed E-state index contributed by atoms with van der Waals surface area (Å²) in [5.41, 5.74) is 0.0000407. The lowest BCUT2D eigenvalue weighted by atomic mass is 9.44. The van der Waals surface area contributed by atoms with Crippen LogP contribution >= 0.6 is 0 Å². The van der Waals surface area contributed by atoms with E-state index in [1.807, 2.05) is 0 Å². The number of ketones is 2. The van der Waals surface area contributed by atoms with Gasteiger partial charge < -0.3 is 15.3 Å². The third kappa shape index (κ3) is 4.54. The largest absolute Gasteiger partial charge is 0.393 e. The van der Waals surface area contributed by atoms with Crippen molar-refractivity contribution in [2.75, 3.05) is 0 Å². The van der Waals surface area contributed by atoms with E-state index in [9.17, 15) is 24.9 Å². The number of Topliss-reactive ketones (excluding diaryl/α,β-unsaturated/α-hetero) is 2. The monoisotopic (exact) mass is 610 g/mol. The summed E-state index contributed by atoms with van der Waals surface area (Å²) in [5, 5.41) is 32.1. The van der Waals surface area contributed by atoms with Crippen molar-refractivity contribution in [1.29, 1.82) is 0 Å². The average molecular weight is 611 g/mol. The predicted octanol–water partition coefficient (Wildman–Crippen LogP) is 7.14. The molecule has 8 rings (SSSR count). The summed E-state index contributed by atoms with van der Waals surface area (Å²) in [6.45, 7) is 11.5. The van der Waals surface area contributed by atoms with E-state index < -0.39 is 0 Å². The van der Waals surface area contributed by atoms with Gasteiger partial charge in [0.1, 0.15) is 11.6 Å². The molecular weight excluding hydrogens is 548 g/mol. The highest BCUT2D eigenvalue weighted by Crippen LogP contribution is 2.67. The minimum Gasteiger partial charge on any atom is -0.393 e. The fourth-order valence-corrected chi connectivity index (χ4v) is 14.5. The second-order valence-corrected chi connectivity index (χ2v) is 18.8. The fourth-order valence-electron chi connectivity index (χ4n) is 14.5. The van der Waals surface area contributed by atoms with Gasteiger partial charge in [0.15, 0.2) is 0 Å². The molecule has 0 heterocycles. The Morgan fingerprint density at radius 1 is 0.591 bits per heavy atom. The lowest BCUT2D eigenvalue weighted by molar-refractivity contribution is -0.175. The first-order valence-corrected chi connectivity index (χ1v) is 18.8. The molecule has 8 fully saturated rings. The molecule has 0 unspecified atom stereocenters. The molecule has 0 spiro atoms. The van der Waals surface area contributed by atoms with Crippen molar-refractivity contribution in [3.8, 4) is 0 Å². The zero-order valence-electron chi connectivity index (χ0n) is 28.4. The average Bonchev–Trinajstić information content (AvgIpc) is 3.43. The first kappa shape index (κ1) is 31.8. The van der Waals surface area contributed by atoms with Crippen LogP contribution in [0, 0.1) is 74.9 Å². The van der Waals surface area contributed by atoms with E-state index in [4.69, 9.17) is 0 Å². The van der Waals surface area contributed by atoms with Gasteiger partial charge in [0.05, 0.1) is 18.3 Å². The lowest BCUT2D eigenvalue weighted by Crippen LogP contribution is -2.59. The zero-order valence-corrected chi connectivity index (χ0v) is 28.4. The summed E-state index contributed by atoms with van der Waals surface area (Å²) < 4.78 is 0. The molecule has 8 aliphatic carbocycles. The molecule has 44 heavy (non-hydrogen) atoms. The van der Waals surface area contributed by atoms with E-state index in [0.717, 1.165) is 69.6 Å². The predicted molar refractivity (Wildman–Crippen MR) is 171 cm³/mol. The molecule has 0 radical (unpaired) electrons. The van der Waals surface area contributed by atoms with Crippen LogP contribution in [0.3, 0.4) is 0 Å². The quantitative estimate of drug-likeness (QED) is 0.271. The fraction of sp³-hybridized carbons (Fsp3) is 0.949. The third-order valence-electron chi connectivity index (χ3n) is 16.8. The highest BCUT2D eigenvalue weighted by molar-refractivity contribution is 5.87. The topological polar surface area (TPSA) is 94.8 Å². The Hall–Kier alpha value is -0.780. The number of hydrogen-bond acceptors (Lipinski definition) is 5. The smallest absolute Gasteiger partial charge is 0.139 e. The van der Waals surface area contributed by atoms with Gasteiger partial charge in [-0.15, -0.1) is 0 Å². The van der Waals surface area contributed by atoms with Gasteiger partial charge in [-0.25, -0.2) is 0 Å². The molecule has 0 aromatic rings. The number of carbonyl (C=O) groups is 2. The van der Waals surface area contributed by atoms with Crippen LogP contribution in [0.4, 0.5) is 0 Å². The molecule has 248 valence electrons. The van der Waals surface area contributed by atoms with E-state index in [-0.39, 0.29) is 34.6 Å². The maximum atomic E-state index is 12.4. The molecule has 5 nitrogen and oxygen atoms in total. The van der Waals surface area contributed by atoms with Gasteiger partial charge in [0.2, 0.25) is 0 Å². The second-order valence-electron chi connectivity index (χ2n) is 18.8. The van der Waals surface area contributed by atoms with E-state index >= 15 is 0 Å². The van der Waals surface area contributed by atoms with Gasteiger partial charge in [-0.05, 0) is 148 Å². The van der Waals surface area contributed by atoms with Crippen LogP contribution in [0.1, 0.15) is 137 Å². The molecule has 5 heteroatoms. The molecule has 0 bridgehead atoms. The van der Waals surface area contributed by atoms with Crippen LogP contribution in [0.2, 0.25) is 0 Å². The molecule has 16 atom stereocenters. The lowest BCUT2D eigenvalue weighted by Gasteiger charge is -2.61. The van der Waals surface area contributed by atoms with Crippen LogP contribution in [-0.4, -0.2) is 45.2 Å². The molecule has 8 aliphatic rings. The molecular formula is C39H62O5. The number of rotatable bonds is 0. The van der Waals surface area contributed by atoms with Gasteiger partial charge in [0, 0.05) is 23.7 Å². The van der Waals surface area contributed by atoms with Crippen LogP contribution < -0.4 is 0 Å². The van der Waals surface area contributed by atoms with E-state index in [2.05, 4.69) is 34.6 Å². The molecule has 8 saturated carbocycles. The molecule has 0 saturated heterocycles. The Balaban J connectivity index is 0.000000142. The maximum Gasteiger partial charge on any atom is 0.139 e. The summed E-state index contributed by atoms with van der Waals surface area (Å²) in [4.78, 5) is 24.9. The highest BCUT2D eigenvalue weighted by atomic mass is 16.3. The Morgan fingerprint density at radius 2 is 1.05 bits per heavy atom. The highest BCUT2D eigenvalue weighted by Gasteiger charge is 2.64. The first-order chi connectivity index (χ1) is 20.7.